The minimum absolute atomic E-state index is 0.0894. The lowest BCUT2D eigenvalue weighted by Gasteiger charge is -2.03. The van der Waals surface area contributed by atoms with Crippen LogP contribution in [-0.4, -0.2) is 50.5 Å². The normalized spacial score (nSPS) is 13.5. The molecule has 0 radical (unpaired) electrons. The van der Waals surface area contributed by atoms with Gasteiger partial charge in [-0.1, -0.05) is 5.16 Å². The van der Waals surface area contributed by atoms with Crippen molar-refractivity contribution in [2.24, 2.45) is 5.16 Å². The third kappa shape index (κ3) is 5.53. The molecule has 0 spiro atoms. The van der Waals surface area contributed by atoms with E-state index in [-0.39, 0.29) is 10.8 Å². The van der Waals surface area contributed by atoms with Crippen LogP contribution in [0.25, 0.3) is 0 Å². The Balaban J connectivity index is 2.76. The van der Waals surface area contributed by atoms with Crippen LogP contribution in [0.4, 0.5) is 5.13 Å². The molecule has 0 aliphatic rings. The van der Waals surface area contributed by atoms with E-state index in [1.165, 1.54) is 12.3 Å². The molecule has 0 aliphatic heterocycles. The van der Waals surface area contributed by atoms with E-state index in [9.17, 15) is 16.8 Å². The first-order valence-corrected chi connectivity index (χ1v) is 9.55. The van der Waals surface area contributed by atoms with E-state index in [1.54, 1.807) is 0 Å². The smallest absolute Gasteiger partial charge is 0.235 e. The molecule has 8 nitrogen and oxygen atoms in total. The van der Waals surface area contributed by atoms with E-state index in [4.69, 9.17) is 5.21 Å². The van der Waals surface area contributed by atoms with E-state index < -0.39 is 31.4 Å². The molecule has 1 rings (SSSR count). The number of thiazole rings is 1. The highest BCUT2D eigenvalue weighted by atomic mass is 32.2. The van der Waals surface area contributed by atoms with Crippen molar-refractivity contribution in [3.05, 3.63) is 11.1 Å². The lowest BCUT2D eigenvalue weighted by molar-refractivity contribution is 0.319. The second-order valence-electron chi connectivity index (χ2n) is 3.77. The van der Waals surface area contributed by atoms with Crippen LogP contribution < -0.4 is 4.72 Å². The van der Waals surface area contributed by atoms with Gasteiger partial charge in [0.1, 0.15) is 21.2 Å². The maximum atomic E-state index is 11.6. The van der Waals surface area contributed by atoms with Crippen molar-refractivity contribution in [2.75, 3.05) is 22.5 Å². The molecule has 19 heavy (non-hydrogen) atoms. The maximum absolute atomic E-state index is 11.6. The molecule has 1 heterocycles. The summed E-state index contributed by atoms with van der Waals surface area (Å²) in [7, 11) is -7.12. The summed E-state index contributed by atoms with van der Waals surface area (Å²) in [4.78, 5) is 3.90. The van der Waals surface area contributed by atoms with Crippen molar-refractivity contribution in [3.8, 4) is 0 Å². The fourth-order valence-corrected chi connectivity index (χ4v) is 4.66. The molecule has 1 aromatic heterocycles. The van der Waals surface area contributed by atoms with Crippen LogP contribution in [0.15, 0.2) is 10.5 Å². The van der Waals surface area contributed by atoms with Crippen LogP contribution in [0.5, 0.6) is 0 Å². The van der Waals surface area contributed by atoms with E-state index in [0.29, 0.717) is 5.69 Å². The molecule has 11 heteroatoms. The third-order valence-electron chi connectivity index (χ3n) is 1.99. The van der Waals surface area contributed by atoms with Gasteiger partial charge >= 0.3 is 0 Å². The molecule has 0 saturated carbocycles. The highest BCUT2D eigenvalue weighted by Gasteiger charge is 2.16. The molecule has 1 aromatic rings. The number of aromatic nitrogens is 1. The van der Waals surface area contributed by atoms with Crippen LogP contribution in [0, 0.1) is 0 Å². The number of rotatable bonds is 6. The molecule has 0 aromatic carbocycles. The minimum Gasteiger partial charge on any atom is -0.411 e. The summed E-state index contributed by atoms with van der Waals surface area (Å²) < 4.78 is 47.2. The van der Waals surface area contributed by atoms with E-state index in [1.807, 2.05) is 0 Å². The van der Waals surface area contributed by atoms with Gasteiger partial charge in [0.25, 0.3) is 0 Å². The number of nitrogens with one attached hydrogen (secondary N) is 1. The number of nitrogens with zero attached hydrogens (tertiary/aromatic N) is 2. The van der Waals surface area contributed by atoms with Gasteiger partial charge in [-0.05, 0) is 6.92 Å². The van der Waals surface area contributed by atoms with Gasteiger partial charge in [-0.25, -0.2) is 21.8 Å². The fourth-order valence-electron chi connectivity index (χ4n) is 0.983. The molecule has 0 atom stereocenters. The van der Waals surface area contributed by atoms with E-state index in [0.717, 1.165) is 17.6 Å². The van der Waals surface area contributed by atoms with Crippen LogP contribution in [-0.2, 0) is 19.9 Å². The summed E-state index contributed by atoms with van der Waals surface area (Å²) in [6, 6.07) is 0. The second kappa shape index (κ2) is 5.84. The summed E-state index contributed by atoms with van der Waals surface area (Å²) in [5.74, 6) is -0.995. The van der Waals surface area contributed by atoms with Crippen LogP contribution in [0.3, 0.4) is 0 Å². The highest BCUT2D eigenvalue weighted by Crippen LogP contribution is 2.17. The van der Waals surface area contributed by atoms with Gasteiger partial charge in [0, 0.05) is 11.6 Å². The minimum atomic E-state index is -3.77. The second-order valence-corrected chi connectivity index (χ2v) is 8.73. The summed E-state index contributed by atoms with van der Waals surface area (Å²) in [5.41, 5.74) is 0.589. The molecular weight excluding hydrogens is 314 g/mol. The molecule has 108 valence electrons. The summed E-state index contributed by atoms with van der Waals surface area (Å²) in [6.45, 7) is 1.51. The molecule has 2 N–H and O–H groups in total. The van der Waals surface area contributed by atoms with Gasteiger partial charge in [0.05, 0.1) is 11.5 Å². The molecule has 0 bridgehead atoms. The van der Waals surface area contributed by atoms with Crippen molar-refractivity contribution in [1.29, 1.82) is 0 Å². The predicted molar refractivity (Wildman–Crippen MR) is 73.2 cm³/mol. The Morgan fingerprint density at radius 1 is 1.42 bits per heavy atom. The van der Waals surface area contributed by atoms with Crippen molar-refractivity contribution in [3.63, 3.8) is 0 Å². The summed E-state index contributed by atoms with van der Waals surface area (Å²) in [6.07, 6.45) is 0.963. The Labute approximate surface area is 115 Å². The number of sulfone groups is 1. The van der Waals surface area contributed by atoms with Gasteiger partial charge in [-0.2, -0.15) is 0 Å². The van der Waals surface area contributed by atoms with Gasteiger partial charge in [-0.15, -0.1) is 11.3 Å². The first kappa shape index (κ1) is 15.9. The summed E-state index contributed by atoms with van der Waals surface area (Å²) in [5, 5.41) is 13.1. The Morgan fingerprint density at radius 3 is 2.58 bits per heavy atom. The fraction of sp³-hybridized carbons (Fsp3) is 0.500. The standard InChI is InChI=1S/C8H13N3O5S3/c1-6(10-12)7-5-17-8(9-7)11-19(15,16)4-3-18(2,13)14/h5,12H,3-4H2,1-2H3,(H,9,11). The van der Waals surface area contributed by atoms with Crippen molar-refractivity contribution in [1.82, 2.24) is 4.98 Å². The van der Waals surface area contributed by atoms with Gasteiger partial charge in [0.2, 0.25) is 10.0 Å². The lowest BCUT2D eigenvalue weighted by Crippen LogP contribution is -2.22. The van der Waals surface area contributed by atoms with Crippen molar-refractivity contribution >= 4 is 42.0 Å². The SMILES string of the molecule is CC(=NO)c1csc(NS(=O)(=O)CCS(C)(=O)=O)n1. The average Bonchev–Trinajstić information content (AvgIpc) is 2.72. The monoisotopic (exact) mass is 327 g/mol. The zero-order chi connectivity index (χ0) is 14.7. The molecule has 0 amide bonds. The Morgan fingerprint density at radius 2 is 2.05 bits per heavy atom. The van der Waals surface area contributed by atoms with E-state index in [2.05, 4.69) is 14.9 Å². The third-order valence-corrected chi connectivity index (χ3v) is 5.33. The Bertz CT molecular complexity index is 674. The van der Waals surface area contributed by atoms with Crippen molar-refractivity contribution in [2.45, 2.75) is 6.92 Å². The number of sulfonamides is 1. The Hall–Kier alpha value is -1.20. The number of anilines is 1. The number of hydrogen-bond acceptors (Lipinski definition) is 8. The highest BCUT2D eigenvalue weighted by molar-refractivity contribution is 7.95. The van der Waals surface area contributed by atoms with Crippen LogP contribution >= 0.6 is 11.3 Å². The predicted octanol–water partition coefficient (Wildman–Crippen LogP) is 0.128. The maximum Gasteiger partial charge on any atom is 0.235 e. The van der Waals surface area contributed by atoms with Gasteiger partial charge in [-0.3, -0.25) is 4.72 Å². The van der Waals surface area contributed by atoms with Gasteiger partial charge in [0.15, 0.2) is 5.13 Å². The lowest BCUT2D eigenvalue weighted by atomic mass is 10.3. The zero-order valence-electron chi connectivity index (χ0n) is 10.2. The van der Waals surface area contributed by atoms with E-state index >= 15 is 0 Å². The van der Waals surface area contributed by atoms with Crippen LogP contribution in [0.1, 0.15) is 12.6 Å². The topological polar surface area (TPSA) is 126 Å². The average molecular weight is 327 g/mol. The van der Waals surface area contributed by atoms with Crippen molar-refractivity contribution < 1.29 is 22.0 Å². The molecule has 0 fully saturated rings. The van der Waals surface area contributed by atoms with Crippen LogP contribution in [0.2, 0.25) is 0 Å². The largest absolute Gasteiger partial charge is 0.411 e. The summed E-state index contributed by atoms with van der Waals surface area (Å²) >= 11 is 1.01. The Kier molecular flexibility index (Phi) is 4.87. The number of oxime groups is 1. The quantitative estimate of drug-likeness (QED) is 0.434. The number of hydrogen-bond donors (Lipinski definition) is 2. The zero-order valence-corrected chi connectivity index (χ0v) is 12.6. The van der Waals surface area contributed by atoms with Gasteiger partial charge < -0.3 is 5.21 Å². The molecular formula is C8H13N3O5S3. The first-order chi connectivity index (χ1) is 8.63. The first-order valence-electron chi connectivity index (χ1n) is 4.96. The molecule has 0 unspecified atom stereocenters. The molecule has 0 saturated heterocycles. The molecule has 0 aliphatic carbocycles.